The first-order chi connectivity index (χ1) is 17.2. The van der Waals surface area contributed by atoms with Crippen LogP contribution in [-0.4, -0.2) is 49.7 Å². The first kappa shape index (κ1) is 28.9. The maximum Gasteiger partial charge on any atom is 0.418 e. The average molecular weight is 525 g/mol. The number of carbonyl (C=O) groups is 4. The molecule has 37 heavy (non-hydrogen) atoms. The second-order valence-corrected chi connectivity index (χ2v) is 8.57. The number of urea groups is 1. The molecule has 0 heterocycles. The van der Waals surface area contributed by atoms with E-state index in [4.69, 9.17) is 14.2 Å². The molecule has 0 atom stereocenters. The van der Waals surface area contributed by atoms with Crippen molar-refractivity contribution in [2.24, 2.45) is 0 Å². The van der Waals surface area contributed by atoms with Crippen LogP contribution in [0.4, 0.5) is 23.7 Å². The summed E-state index contributed by atoms with van der Waals surface area (Å²) in [5, 5.41) is 6.68. The molecule has 200 valence electrons. The van der Waals surface area contributed by atoms with Crippen LogP contribution in [0.5, 0.6) is 11.5 Å². The second kappa shape index (κ2) is 12.1. The van der Waals surface area contributed by atoms with Crippen molar-refractivity contribution in [2.75, 3.05) is 25.6 Å². The Labute approximate surface area is 210 Å². The van der Waals surface area contributed by atoms with Crippen LogP contribution in [0.2, 0.25) is 0 Å². The number of esters is 1. The van der Waals surface area contributed by atoms with E-state index in [1.807, 2.05) is 5.32 Å². The summed E-state index contributed by atoms with van der Waals surface area (Å²) in [4.78, 5) is 47.9. The lowest BCUT2D eigenvalue weighted by Crippen LogP contribution is -2.49. The summed E-state index contributed by atoms with van der Waals surface area (Å²) in [5.74, 6) is -2.57. The molecule has 2 rings (SSSR count). The molecule has 0 aliphatic rings. The summed E-state index contributed by atoms with van der Waals surface area (Å²) < 4.78 is 54.6. The number of nitrogens with one attached hydrogen (secondary N) is 3. The van der Waals surface area contributed by atoms with E-state index in [0.29, 0.717) is 0 Å². The minimum Gasteiger partial charge on any atom is -0.493 e. The molecular formula is C24H26F3N3O7. The van der Waals surface area contributed by atoms with Gasteiger partial charge in [-0.2, -0.15) is 13.2 Å². The molecule has 0 spiro atoms. The van der Waals surface area contributed by atoms with Crippen LogP contribution in [0.25, 0.3) is 0 Å². The third kappa shape index (κ3) is 9.35. The number of alkyl halides is 3. The van der Waals surface area contributed by atoms with Gasteiger partial charge in [-0.1, -0.05) is 12.1 Å². The summed E-state index contributed by atoms with van der Waals surface area (Å²) >= 11 is 0. The predicted octanol–water partition coefficient (Wildman–Crippen LogP) is 3.51. The van der Waals surface area contributed by atoms with Gasteiger partial charge in [-0.3, -0.25) is 14.9 Å². The minimum absolute atomic E-state index is 0.0203. The van der Waals surface area contributed by atoms with Crippen molar-refractivity contribution in [3.05, 3.63) is 53.6 Å². The monoisotopic (exact) mass is 525 g/mol. The Morgan fingerprint density at radius 3 is 2.19 bits per heavy atom. The smallest absolute Gasteiger partial charge is 0.418 e. The van der Waals surface area contributed by atoms with Crippen LogP contribution in [0.15, 0.2) is 42.5 Å². The van der Waals surface area contributed by atoms with E-state index >= 15 is 0 Å². The van der Waals surface area contributed by atoms with Gasteiger partial charge in [0, 0.05) is 5.54 Å². The number of para-hydroxylation sites is 1. The standard InChI is InChI=1S/C24H26F3N3O7/c1-23(2,3)30-22(34)29-20(32)13-37-21(33)14-9-10-17(18(11-14)35-4)36-12-19(31)28-16-8-6-5-7-15(16)24(25,26)27/h5-11H,12-13H2,1-4H3,(H,28,31)(H2,29,30,32,34). The lowest BCUT2D eigenvalue weighted by Gasteiger charge is -2.20. The molecule has 0 saturated carbocycles. The molecule has 4 amide bonds. The molecule has 0 aliphatic heterocycles. The first-order valence-electron chi connectivity index (χ1n) is 10.8. The van der Waals surface area contributed by atoms with Crippen molar-refractivity contribution in [3.63, 3.8) is 0 Å². The lowest BCUT2D eigenvalue weighted by atomic mass is 10.1. The van der Waals surface area contributed by atoms with Gasteiger partial charge in [-0.05, 0) is 51.1 Å². The molecular weight excluding hydrogens is 499 g/mol. The van der Waals surface area contributed by atoms with Crippen molar-refractivity contribution in [1.82, 2.24) is 10.6 Å². The fraction of sp³-hybridized carbons (Fsp3) is 0.333. The molecule has 0 aromatic heterocycles. The van der Waals surface area contributed by atoms with Crippen LogP contribution in [-0.2, 0) is 20.5 Å². The molecule has 2 aromatic rings. The Bertz CT molecular complexity index is 1160. The zero-order valence-corrected chi connectivity index (χ0v) is 20.4. The van der Waals surface area contributed by atoms with Crippen LogP contribution >= 0.6 is 0 Å². The number of amides is 4. The number of benzene rings is 2. The summed E-state index contributed by atoms with van der Waals surface area (Å²) in [5.41, 5.74) is -2.03. The van der Waals surface area contributed by atoms with E-state index < -0.39 is 60.0 Å². The molecule has 13 heteroatoms. The number of halogens is 3. The van der Waals surface area contributed by atoms with E-state index in [1.165, 1.54) is 37.4 Å². The molecule has 0 fully saturated rings. The molecule has 0 radical (unpaired) electrons. The van der Waals surface area contributed by atoms with E-state index in [2.05, 4.69) is 10.6 Å². The summed E-state index contributed by atoms with van der Waals surface area (Å²) in [6.45, 7) is 3.78. The van der Waals surface area contributed by atoms with E-state index in [9.17, 15) is 32.3 Å². The van der Waals surface area contributed by atoms with Gasteiger partial charge >= 0.3 is 18.2 Å². The summed E-state index contributed by atoms with van der Waals surface area (Å²) in [6.07, 6.45) is -4.65. The maximum atomic E-state index is 13.1. The molecule has 0 bridgehead atoms. The topological polar surface area (TPSA) is 132 Å². The zero-order chi connectivity index (χ0) is 27.8. The third-order valence-electron chi connectivity index (χ3n) is 4.34. The van der Waals surface area contributed by atoms with Crippen molar-refractivity contribution in [3.8, 4) is 11.5 Å². The maximum absolute atomic E-state index is 13.1. The van der Waals surface area contributed by atoms with Crippen LogP contribution in [0.3, 0.4) is 0 Å². The SMILES string of the molecule is COc1cc(C(=O)OCC(=O)NC(=O)NC(C)(C)C)ccc1OCC(=O)Nc1ccccc1C(F)(F)F. The molecule has 0 aliphatic carbocycles. The molecule has 2 aromatic carbocycles. The van der Waals surface area contributed by atoms with Crippen molar-refractivity contribution >= 4 is 29.5 Å². The quantitative estimate of drug-likeness (QED) is 0.450. The van der Waals surface area contributed by atoms with Gasteiger partial charge in [0.15, 0.2) is 24.7 Å². The summed E-state index contributed by atoms with van der Waals surface area (Å²) in [6, 6.07) is 7.51. The Hall–Kier alpha value is -4.29. The Morgan fingerprint density at radius 1 is 0.892 bits per heavy atom. The number of hydrogen-bond donors (Lipinski definition) is 3. The molecule has 10 nitrogen and oxygen atoms in total. The Morgan fingerprint density at radius 2 is 1.57 bits per heavy atom. The van der Waals surface area contributed by atoms with Gasteiger partial charge in [0.1, 0.15) is 0 Å². The number of methoxy groups -OCH3 is 1. The van der Waals surface area contributed by atoms with E-state index in [1.54, 1.807) is 20.8 Å². The fourth-order valence-corrected chi connectivity index (χ4v) is 2.83. The van der Waals surface area contributed by atoms with E-state index in [0.717, 1.165) is 12.1 Å². The number of imide groups is 1. The van der Waals surface area contributed by atoms with Gasteiger partial charge in [-0.15, -0.1) is 0 Å². The molecule has 0 saturated heterocycles. The van der Waals surface area contributed by atoms with Crippen LogP contribution in [0, 0.1) is 0 Å². The normalized spacial score (nSPS) is 11.2. The van der Waals surface area contributed by atoms with Crippen molar-refractivity contribution < 1.29 is 46.6 Å². The highest BCUT2D eigenvalue weighted by Crippen LogP contribution is 2.34. The van der Waals surface area contributed by atoms with Crippen LogP contribution < -0.4 is 25.4 Å². The van der Waals surface area contributed by atoms with Crippen LogP contribution in [0.1, 0.15) is 36.7 Å². The molecule has 0 unspecified atom stereocenters. The number of rotatable bonds is 8. The van der Waals surface area contributed by atoms with Gasteiger partial charge in [-0.25, -0.2) is 9.59 Å². The second-order valence-electron chi connectivity index (χ2n) is 8.57. The predicted molar refractivity (Wildman–Crippen MR) is 125 cm³/mol. The molecule has 3 N–H and O–H groups in total. The highest BCUT2D eigenvalue weighted by atomic mass is 19.4. The Balaban J connectivity index is 1.95. The van der Waals surface area contributed by atoms with E-state index in [-0.39, 0.29) is 17.1 Å². The first-order valence-corrected chi connectivity index (χ1v) is 10.8. The largest absolute Gasteiger partial charge is 0.493 e. The highest BCUT2D eigenvalue weighted by molar-refractivity contribution is 5.97. The highest BCUT2D eigenvalue weighted by Gasteiger charge is 2.33. The summed E-state index contributed by atoms with van der Waals surface area (Å²) in [7, 11) is 1.26. The van der Waals surface area contributed by atoms with Crippen molar-refractivity contribution in [1.29, 1.82) is 0 Å². The number of hydrogen-bond acceptors (Lipinski definition) is 7. The van der Waals surface area contributed by atoms with Gasteiger partial charge < -0.3 is 24.8 Å². The minimum atomic E-state index is -4.65. The Kier molecular flexibility index (Phi) is 9.47. The average Bonchev–Trinajstić information content (AvgIpc) is 2.79. The van der Waals surface area contributed by atoms with Gasteiger partial charge in [0.2, 0.25) is 0 Å². The van der Waals surface area contributed by atoms with Gasteiger partial charge in [0.05, 0.1) is 23.9 Å². The number of ether oxygens (including phenoxy) is 3. The lowest BCUT2D eigenvalue weighted by molar-refractivity contribution is -0.137. The number of anilines is 1. The van der Waals surface area contributed by atoms with Crippen molar-refractivity contribution in [2.45, 2.75) is 32.5 Å². The third-order valence-corrected chi connectivity index (χ3v) is 4.34. The fourth-order valence-electron chi connectivity index (χ4n) is 2.83. The number of carbonyl (C=O) groups excluding carboxylic acids is 4. The zero-order valence-electron chi connectivity index (χ0n) is 20.4. The van der Waals surface area contributed by atoms with Gasteiger partial charge in [0.25, 0.3) is 11.8 Å².